The number of nitrogens with one attached hydrogen (secondary N) is 2. The first-order valence-electron chi connectivity index (χ1n) is 6.37. The summed E-state index contributed by atoms with van der Waals surface area (Å²) in [5.41, 5.74) is 5.03. The molecule has 0 aromatic carbocycles. The molecule has 0 atom stereocenters. The van der Waals surface area contributed by atoms with Crippen LogP contribution in [0.5, 0.6) is 0 Å². The standard InChI is InChI=1S/C12H17N5O3S/c1-20-6-5-17-10(13)9(11(18)16-12(17)19)15-3-2-8-14-4-7-21-8/h4,7,15H,2-3,5-6,13H2,1H3,(H,16,18,19). The zero-order chi connectivity index (χ0) is 15.2. The minimum absolute atomic E-state index is 0.111. The summed E-state index contributed by atoms with van der Waals surface area (Å²) >= 11 is 1.54. The lowest BCUT2D eigenvalue weighted by Gasteiger charge is -2.13. The van der Waals surface area contributed by atoms with Crippen molar-refractivity contribution >= 4 is 22.8 Å². The van der Waals surface area contributed by atoms with Gasteiger partial charge in [-0.05, 0) is 0 Å². The predicted octanol–water partition coefficient (Wildman–Crippen LogP) is -0.124. The second-order valence-electron chi connectivity index (χ2n) is 4.27. The lowest BCUT2D eigenvalue weighted by atomic mass is 10.4. The van der Waals surface area contributed by atoms with E-state index in [9.17, 15) is 9.59 Å². The molecular formula is C12H17N5O3S. The van der Waals surface area contributed by atoms with Crippen molar-refractivity contribution < 1.29 is 4.74 Å². The number of anilines is 2. The molecule has 0 spiro atoms. The molecule has 2 heterocycles. The Morgan fingerprint density at radius 1 is 1.52 bits per heavy atom. The molecule has 114 valence electrons. The van der Waals surface area contributed by atoms with Crippen LogP contribution in [0.2, 0.25) is 0 Å². The van der Waals surface area contributed by atoms with E-state index in [4.69, 9.17) is 10.5 Å². The molecule has 0 radical (unpaired) electrons. The Hall–Kier alpha value is -2.13. The smallest absolute Gasteiger partial charge is 0.330 e. The van der Waals surface area contributed by atoms with E-state index >= 15 is 0 Å². The van der Waals surface area contributed by atoms with E-state index in [1.807, 2.05) is 5.38 Å². The van der Waals surface area contributed by atoms with E-state index in [-0.39, 0.29) is 18.1 Å². The Bertz CT molecular complexity index is 692. The van der Waals surface area contributed by atoms with E-state index in [1.165, 1.54) is 11.7 Å². The van der Waals surface area contributed by atoms with E-state index in [0.717, 1.165) is 5.01 Å². The third-order valence-electron chi connectivity index (χ3n) is 2.88. The second-order valence-corrected chi connectivity index (χ2v) is 5.25. The number of aromatic amines is 1. The molecule has 0 aliphatic carbocycles. The van der Waals surface area contributed by atoms with Crippen LogP contribution in [-0.2, 0) is 17.7 Å². The first-order chi connectivity index (χ1) is 10.1. The van der Waals surface area contributed by atoms with Crippen LogP contribution >= 0.6 is 11.3 Å². The fourth-order valence-corrected chi connectivity index (χ4v) is 2.45. The third kappa shape index (κ3) is 3.70. The minimum atomic E-state index is -0.542. The molecule has 0 aliphatic rings. The van der Waals surface area contributed by atoms with Gasteiger partial charge in [-0.3, -0.25) is 14.3 Å². The molecular weight excluding hydrogens is 294 g/mol. The van der Waals surface area contributed by atoms with Gasteiger partial charge in [0.15, 0.2) is 0 Å². The average Bonchev–Trinajstić information content (AvgIpc) is 2.95. The van der Waals surface area contributed by atoms with Crippen LogP contribution in [0, 0.1) is 0 Å². The monoisotopic (exact) mass is 311 g/mol. The van der Waals surface area contributed by atoms with Gasteiger partial charge in [0, 0.05) is 31.7 Å². The van der Waals surface area contributed by atoms with Crippen LogP contribution in [-0.4, -0.2) is 34.8 Å². The van der Waals surface area contributed by atoms with Crippen molar-refractivity contribution in [2.75, 3.05) is 31.3 Å². The van der Waals surface area contributed by atoms with Crippen molar-refractivity contribution in [3.63, 3.8) is 0 Å². The van der Waals surface area contributed by atoms with Crippen molar-refractivity contribution in [1.29, 1.82) is 0 Å². The van der Waals surface area contributed by atoms with Crippen molar-refractivity contribution in [3.05, 3.63) is 37.4 Å². The van der Waals surface area contributed by atoms with E-state index in [2.05, 4.69) is 15.3 Å². The van der Waals surface area contributed by atoms with Gasteiger partial charge in [-0.25, -0.2) is 9.78 Å². The molecule has 2 rings (SSSR count). The van der Waals surface area contributed by atoms with Gasteiger partial charge in [-0.1, -0.05) is 0 Å². The molecule has 0 saturated carbocycles. The number of nitrogens with two attached hydrogens (primary N) is 1. The zero-order valence-electron chi connectivity index (χ0n) is 11.6. The normalized spacial score (nSPS) is 10.7. The van der Waals surface area contributed by atoms with E-state index in [0.29, 0.717) is 19.6 Å². The number of hydrogen-bond acceptors (Lipinski definition) is 7. The highest BCUT2D eigenvalue weighted by Gasteiger charge is 2.11. The van der Waals surface area contributed by atoms with E-state index in [1.54, 1.807) is 17.5 Å². The Morgan fingerprint density at radius 2 is 2.33 bits per heavy atom. The Labute approximate surface area is 124 Å². The van der Waals surface area contributed by atoms with E-state index < -0.39 is 11.2 Å². The second kappa shape index (κ2) is 7.04. The van der Waals surface area contributed by atoms with Gasteiger partial charge in [0.1, 0.15) is 11.5 Å². The summed E-state index contributed by atoms with van der Waals surface area (Å²) in [5.74, 6) is 0.111. The first-order valence-corrected chi connectivity index (χ1v) is 7.25. The number of ether oxygens (including phenoxy) is 1. The summed E-state index contributed by atoms with van der Waals surface area (Å²) in [4.78, 5) is 29.9. The van der Waals surface area contributed by atoms with Gasteiger partial charge in [-0.2, -0.15) is 0 Å². The third-order valence-corrected chi connectivity index (χ3v) is 3.72. The highest BCUT2D eigenvalue weighted by molar-refractivity contribution is 7.09. The molecule has 0 bridgehead atoms. The van der Waals surface area contributed by atoms with Crippen LogP contribution in [0.25, 0.3) is 0 Å². The van der Waals surface area contributed by atoms with Crippen LogP contribution in [0.1, 0.15) is 5.01 Å². The maximum Gasteiger partial charge on any atom is 0.330 e. The molecule has 0 aliphatic heterocycles. The van der Waals surface area contributed by atoms with Crippen molar-refractivity contribution in [2.24, 2.45) is 0 Å². The van der Waals surface area contributed by atoms with Gasteiger partial charge in [0.2, 0.25) is 0 Å². The molecule has 9 heteroatoms. The van der Waals surface area contributed by atoms with Crippen molar-refractivity contribution in [2.45, 2.75) is 13.0 Å². The van der Waals surface area contributed by atoms with Crippen molar-refractivity contribution in [3.8, 4) is 0 Å². The lowest BCUT2D eigenvalue weighted by Crippen LogP contribution is -2.35. The molecule has 8 nitrogen and oxygen atoms in total. The number of nitrogens with zero attached hydrogens (tertiary/aromatic N) is 2. The number of H-pyrrole nitrogens is 1. The maximum absolute atomic E-state index is 11.8. The fourth-order valence-electron chi connectivity index (χ4n) is 1.83. The van der Waals surface area contributed by atoms with Crippen LogP contribution in [0.15, 0.2) is 21.2 Å². The highest BCUT2D eigenvalue weighted by Crippen LogP contribution is 2.11. The van der Waals surface area contributed by atoms with Crippen LogP contribution in [0.4, 0.5) is 11.5 Å². The Balaban J connectivity index is 2.14. The molecule has 0 fully saturated rings. The quantitative estimate of drug-likeness (QED) is 0.656. The fraction of sp³-hybridized carbons (Fsp3) is 0.417. The van der Waals surface area contributed by atoms with Gasteiger partial charge < -0.3 is 15.8 Å². The summed E-state index contributed by atoms with van der Waals surface area (Å²) < 4.78 is 6.20. The lowest BCUT2D eigenvalue weighted by molar-refractivity contribution is 0.186. The predicted molar refractivity (Wildman–Crippen MR) is 81.9 cm³/mol. The van der Waals surface area contributed by atoms with Crippen molar-refractivity contribution in [1.82, 2.24) is 14.5 Å². The maximum atomic E-state index is 11.8. The number of nitrogen functional groups attached to an aromatic ring is 1. The first kappa shape index (κ1) is 15.3. The SMILES string of the molecule is COCCn1c(N)c(NCCc2nccs2)c(=O)[nH]c1=O. The number of aromatic nitrogens is 3. The minimum Gasteiger partial charge on any atom is -0.383 e. The summed E-state index contributed by atoms with van der Waals surface area (Å²) in [5, 5.41) is 5.81. The van der Waals surface area contributed by atoms with Gasteiger partial charge >= 0.3 is 5.69 Å². The molecule has 0 amide bonds. The summed E-state index contributed by atoms with van der Waals surface area (Å²) in [6, 6.07) is 0. The largest absolute Gasteiger partial charge is 0.383 e. The zero-order valence-corrected chi connectivity index (χ0v) is 12.4. The van der Waals surface area contributed by atoms with Gasteiger partial charge in [-0.15, -0.1) is 11.3 Å². The van der Waals surface area contributed by atoms with Gasteiger partial charge in [0.05, 0.1) is 18.2 Å². The molecule has 21 heavy (non-hydrogen) atoms. The molecule has 2 aromatic rings. The average molecular weight is 311 g/mol. The molecule has 2 aromatic heterocycles. The number of methoxy groups -OCH3 is 1. The molecule has 0 saturated heterocycles. The molecule has 4 N–H and O–H groups in total. The van der Waals surface area contributed by atoms with Crippen LogP contribution < -0.4 is 22.3 Å². The highest BCUT2D eigenvalue weighted by atomic mass is 32.1. The van der Waals surface area contributed by atoms with Crippen LogP contribution in [0.3, 0.4) is 0 Å². The summed E-state index contributed by atoms with van der Waals surface area (Å²) in [6.45, 7) is 1.11. The number of hydrogen-bond donors (Lipinski definition) is 3. The number of rotatable bonds is 7. The topological polar surface area (TPSA) is 115 Å². The molecule has 0 unspecified atom stereocenters. The summed E-state index contributed by atoms with van der Waals surface area (Å²) in [7, 11) is 1.53. The summed E-state index contributed by atoms with van der Waals surface area (Å²) in [6.07, 6.45) is 2.40. The number of thiazole rings is 1. The van der Waals surface area contributed by atoms with Gasteiger partial charge in [0.25, 0.3) is 5.56 Å². The Morgan fingerprint density at radius 3 is 3.00 bits per heavy atom. The Kier molecular flexibility index (Phi) is 5.12.